The van der Waals surface area contributed by atoms with Gasteiger partial charge in [0, 0.05) is 18.4 Å². The minimum absolute atomic E-state index is 0.180. The smallest absolute Gasteiger partial charge is 0.251 e. The van der Waals surface area contributed by atoms with Gasteiger partial charge in [0.2, 0.25) is 10.0 Å². The average Bonchev–Trinajstić information content (AvgIpc) is 2.29. The number of benzene rings is 1. The third-order valence-electron chi connectivity index (χ3n) is 2.32. The molecule has 0 unspecified atom stereocenters. The van der Waals surface area contributed by atoms with Crippen molar-refractivity contribution in [2.75, 3.05) is 18.6 Å². The Hall–Kier alpha value is -1.04. The quantitative estimate of drug-likeness (QED) is 0.717. The van der Waals surface area contributed by atoms with Gasteiger partial charge in [0.05, 0.1) is 15.1 Å². The zero-order valence-corrected chi connectivity index (χ0v) is 14.0. The first-order valence-electron chi connectivity index (χ1n) is 5.39. The van der Waals surface area contributed by atoms with Crippen molar-refractivity contribution in [3.05, 3.63) is 28.0 Å². The summed E-state index contributed by atoms with van der Waals surface area (Å²) in [6.45, 7) is -0.180. The van der Waals surface area contributed by atoms with E-state index in [9.17, 15) is 26.0 Å². The molecule has 0 aromatic heterocycles. The minimum Gasteiger partial charge on any atom is -0.351 e. The molecule has 0 aliphatic carbocycles. The van der Waals surface area contributed by atoms with E-state index in [1.807, 2.05) is 0 Å². The summed E-state index contributed by atoms with van der Waals surface area (Å²) in [5.41, 5.74) is -0.284. The Balaban J connectivity index is 3.04. The summed E-state index contributed by atoms with van der Waals surface area (Å²) in [5, 5.41) is 7.16. The van der Waals surface area contributed by atoms with Gasteiger partial charge in [-0.05, 0) is 28.1 Å². The van der Waals surface area contributed by atoms with E-state index < -0.39 is 36.5 Å². The third-order valence-corrected chi connectivity index (χ3v) is 5.27. The molecule has 1 aromatic rings. The highest BCUT2D eigenvalue weighted by atomic mass is 79.9. The third kappa shape index (κ3) is 5.34. The van der Waals surface area contributed by atoms with Gasteiger partial charge in [-0.15, -0.1) is 0 Å². The zero-order valence-electron chi connectivity index (χ0n) is 10.8. The first-order valence-corrected chi connectivity index (χ1v) is 9.79. The number of halogens is 2. The topological polar surface area (TPSA) is 123 Å². The molecule has 7 nitrogen and oxygen atoms in total. The first-order chi connectivity index (χ1) is 9.42. The Labute approximate surface area is 129 Å². The predicted octanol–water partition coefficient (Wildman–Crippen LogP) is 0.01000. The van der Waals surface area contributed by atoms with Crippen molar-refractivity contribution >= 4 is 41.7 Å². The van der Waals surface area contributed by atoms with Gasteiger partial charge in [-0.2, -0.15) is 0 Å². The van der Waals surface area contributed by atoms with Crippen LogP contribution in [0.1, 0.15) is 10.4 Å². The molecule has 11 heteroatoms. The number of hydrogen-bond donors (Lipinski definition) is 2. The van der Waals surface area contributed by atoms with E-state index >= 15 is 0 Å². The Bertz CT molecular complexity index is 777. The van der Waals surface area contributed by atoms with E-state index in [0.717, 1.165) is 18.4 Å². The second-order valence-corrected chi connectivity index (χ2v) is 8.78. The average molecular weight is 403 g/mol. The maximum atomic E-state index is 13.6. The van der Waals surface area contributed by atoms with Crippen molar-refractivity contribution in [3.63, 3.8) is 0 Å². The number of nitrogens with two attached hydrogens (primary N) is 1. The van der Waals surface area contributed by atoms with Crippen molar-refractivity contribution in [1.82, 2.24) is 5.32 Å². The molecule has 21 heavy (non-hydrogen) atoms. The highest BCUT2D eigenvalue weighted by Gasteiger charge is 2.20. The predicted molar refractivity (Wildman–Crippen MR) is 77.5 cm³/mol. The highest BCUT2D eigenvalue weighted by molar-refractivity contribution is 9.10. The van der Waals surface area contributed by atoms with E-state index in [1.165, 1.54) is 0 Å². The van der Waals surface area contributed by atoms with Crippen molar-refractivity contribution < 1.29 is 26.0 Å². The molecule has 1 rings (SSSR count). The maximum absolute atomic E-state index is 13.6. The molecule has 0 saturated heterocycles. The van der Waals surface area contributed by atoms with Crippen molar-refractivity contribution in [3.8, 4) is 0 Å². The number of sulfone groups is 1. The van der Waals surface area contributed by atoms with Crippen LogP contribution in [-0.4, -0.2) is 41.3 Å². The Morgan fingerprint density at radius 2 is 1.90 bits per heavy atom. The van der Waals surface area contributed by atoms with Gasteiger partial charge in [0.25, 0.3) is 5.91 Å². The van der Waals surface area contributed by atoms with E-state index in [-0.39, 0.29) is 22.3 Å². The lowest BCUT2D eigenvalue weighted by molar-refractivity contribution is 0.0955. The van der Waals surface area contributed by atoms with Gasteiger partial charge in [-0.25, -0.2) is 26.4 Å². The van der Waals surface area contributed by atoms with E-state index in [1.54, 1.807) is 0 Å². The summed E-state index contributed by atoms with van der Waals surface area (Å²) in [5.74, 6) is -2.08. The second-order valence-electron chi connectivity index (χ2n) is 4.20. The maximum Gasteiger partial charge on any atom is 0.251 e. The summed E-state index contributed by atoms with van der Waals surface area (Å²) in [6.07, 6.45) is 0.998. The lowest BCUT2D eigenvalue weighted by Crippen LogP contribution is -2.29. The summed E-state index contributed by atoms with van der Waals surface area (Å²) >= 11 is 2.73. The molecule has 3 N–H and O–H groups in total. The summed E-state index contributed by atoms with van der Waals surface area (Å²) < 4.78 is 57.7. The number of sulfonamides is 1. The van der Waals surface area contributed by atoms with E-state index in [2.05, 4.69) is 21.2 Å². The van der Waals surface area contributed by atoms with Crippen LogP contribution in [0.5, 0.6) is 0 Å². The molecule has 118 valence electrons. The first kappa shape index (κ1) is 18.0. The van der Waals surface area contributed by atoms with Crippen LogP contribution in [0.25, 0.3) is 0 Å². The standard InChI is InChI=1S/C10H12BrFN2O5S2/c1-20(16,17)3-2-14-10(15)6-4-7(12)9(11)8(5-6)21(13,18)19/h4-5H,2-3H2,1H3,(H,14,15)(H2,13,18,19). The second kappa shape index (κ2) is 6.38. The SMILES string of the molecule is CS(=O)(=O)CCNC(=O)c1cc(F)c(Br)c(S(N)(=O)=O)c1. The molecule has 0 aliphatic heterocycles. The molecule has 0 radical (unpaired) electrons. The number of primary sulfonamides is 1. The van der Waals surface area contributed by atoms with Crippen LogP contribution in [0.15, 0.2) is 21.5 Å². The van der Waals surface area contributed by atoms with E-state index in [0.29, 0.717) is 0 Å². The van der Waals surface area contributed by atoms with Crippen LogP contribution >= 0.6 is 15.9 Å². The number of carbonyl (C=O) groups excluding carboxylic acids is 1. The van der Waals surface area contributed by atoms with Gasteiger partial charge < -0.3 is 5.32 Å². The number of amides is 1. The van der Waals surface area contributed by atoms with E-state index in [4.69, 9.17) is 5.14 Å². The van der Waals surface area contributed by atoms with Gasteiger partial charge in [-0.3, -0.25) is 4.79 Å². The largest absolute Gasteiger partial charge is 0.351 e. The van der Waals surface area contributed by atoms with Crippen molar-refractivity contribution in [2.45, 2.75) is 4.90 Å². The fourth-order valence-electron chi connectivity index (χ4n) is 1.35. The van der Waals surface area contributed by atoms with Gasteiger partial charge in [-0.1, -0.05) is 0 Å². The lowest BCUT2D eigenvalue weighted by atomic mass is 10.2. The number of nitrogens with one attached hydrogen (secondary N) is 1. The summed E-state index contributed by atoms with van der Waals surface area (Å²) in [6, 6.07) is 1.72. The van der Waals surface area contributed by atoms with Crippen LogP contribution < -0.4 is 10.5 Å². The van der Waals surface area contributed by atoms with Crippen molar-refractivity contribution in [2.24, 2.45) is 5.14 Å². The molecule has 1 amide bonds. The van der Waals surface area contributed by atoms with Crippen LogP contribution in [0.2, 0.25) is 0 Å². The van der Waals surface area contributed by atoms with Crippen molar-refractivity contribution in [1.29, 1.82) is 0 Å². The molecule has 0 fully saturated rings. The molecule has 0 heterocycles. The molecular formula is C10H12BrFN2O5S2. The van der Waals surface area contributed by atoms with Gasteiger partial charge >= 0.3 is 0 Å². The van der Waals surface area contributed by atoms with Crippen LogP contribution in [-0.2, 0) is 19.9 Å². The Kier molecular flexibility index (Phi) is 5.47. The normalized spacial score (nSPS) is 12.2. The number of carbonyl (C=O) groups is 1. The zero-order chi connectivity index (χ0) is 16.4. The number of hydrogen-bond acceptors (Lipinski definition) is 5. The monoisotopic (exact) mass is 402 g/mol. The molecule has 0 saturated carbocycles. The molecule has 0 aliphatic rings. The Morgan fingerprint density at radius 1 is 1.33 bits per heavy atom. The fraction of sp³-hybridized carbons (Fsp3) is 0.300. The molecule has 0 atom stereocenters. The highest BCUT2D eigenvalue weighted by Crippen LogP contribution is 2.25. The molecule has 0 bridgehead atoms. The molecule has 1 aromatic carbocycles. The summed E-state index contributed by atoms with van der Waals surface area (Å²) in [7, 11) is -7.48. The lowest BCUT2D eigenvalue weighted by Gasteiger charge is -2.08. The van der Waals surface area contributed by atoms with Gasteiger partial charge in [0.15, 0.2) is 0 Å². The number of rotatable bonds is 5. The molecular weight excluding hydrogens is 391 g/mol. The van der Waals surface area contributed by atoms with Crippen LogP contribution in [0.3, 0.4) is 0 Å². The summed E-state index contributed by atoms with van der Waals surface area (Å²) in [4.78, 5) is 11.2. The van der Waals surface area contributed by atoms with Gasteiger partial charge in [0.1, 0.15) is 15.7 Å². The van der Waals surface area contributed by atoms with Crippen LogP contribution in [0.4, 0.5) is 4.39 Å². The van der Waals surface area contributed by atoms with Crippen LogP contribution in [0, 0.1) is 5.82 Å². The minimum atomic E-state index is -4.22. The molecule has 0 spiro atoms. The fourth-order valence-corrected chi connectivity index (χ4v) is 3.37. The Morgan fingerprint density at radius 3 is 2.38 bits per heavy atom.